The lowest BCUT2D eigenvalue weighted by Crippen LogP contribution is -2.51. The van der Waals surface area contributed by atoms with Gasteiger partial charge in [-0.1, -0.05) is 26.8 Å². The van der Waals surface area contributed by atoms with Crippen LogP contribution in [0.15, 0.2) is 18.2 Å². The Hall–Kier alpha value is -2.37. The minimum Gasteiger partial charge on any atom is -0.326 e. The number of urea groups is 1. The third-order valence-electron chi connectivity index (χ3n) is 4.47. The van der Waals surface area contributed by atoms with Gasteiger partial charge in [-0.05, 0) is 36.1 Å². The number of benzene rings is 1. The predicted octanol–water partition coefficient (Wildman–Crippen LogP) is 1.74. The van der Waals surface area contributed by atoms with Crippen molar-refractivity contribution in [3.8, 4) is 0 Å². The molecule has 122 valence electrons. The summed E-state index contributed by atoms with van der Waals surface area (Å²) in [6, 6.07) is 5.30. The van der Waals surface area contributed by atoms with Crippen LogP contribution in [0.4, 0.5) is 10.5 Å². The van der Waals surface area contributed by atoms with Crippen LogP contribution in [-0.4, -0.2) is 23.4 Å². The number of anilines is 1. The van der Waals surface area contributed by atoms with Crippen LogP contribution in [0.5, 0.6) is 0 Å². The molecule has 1 aliphatic carbocycles. The predicted molar refractivity (Wildman–Crippen MR) is 86.0 cm³/mol. The fraction of sp³-hybridized carbons (Fsp3) is 0.471. The molecule has 3 rings (SSSR count). The largest absolute Gasteiger partial charge is 0.326 e. The molecule has 1 aliphatic heterocycles. The van der Waals surface area contributed by atoms with Crippen molar-refractivity contribution in [2.24, 2.45) is 5.41 Å². The van der Waals surface area contributed by atoms with Crippen LogP contribution < -0.4 is 16.0 Å². The highest BCUT2D eigenvalue weighted by Crippen LogP contribution is 2.32. The second-order valence-electron chi connectivity index (χ2n) is 7.35. The van der Waals surface area contributed by atoms with E-state index < -0.39 is 17.0 Å². The third kappa shape index (κ3) is 2.81. The van der Waals surface area contributed by atoms with E-state index in [-0.39, 0.29) is 11.8 Å². The van der Waals surface area contributed by atoms with Crippen LogP contribution >= 0.6 is 0 Å². The molecule has 4 amide bonds. The van der Waals surface area contributed by atoms with Gasteiger partial charge in [-0.15, -0.1) is 0 Å². The van der Waals surface area contributed by atoms with Gasteiger partial charge in [-0.25, -0.2) is 4.79 Å². The van der Waals surface area contributed by atoms with Crippen molar-refractivity contribution in [1.29, 1.82) is 0 Å². The zero-order chi connectivity index (χ0) is 16.8. The number of carbonyl (C=O) groups is 3. The second kappa shape index (κ2) is 5.08. The van der Waals surface area contributed by atoms with Gasteiger partial charge in [0.1, 0.15) is 5.54 Å². The summed E-state index contributed by atoms with van der Waals surface area (Å²) in [5.74, 6) is -0.287. The summed E-state index contributed by atoms with van der Waals surface area (Å²) in [6.07, 6.45) is 1.73. The second-order valence-corrected chi connectivity index (χ2v) is 7.35. The molecule has 1 aromatic carbocycles. The lowest BCUT2D eigenvalue weighted by molar-refractivity contribution is -0.124. The Morgan fingerprint density at radius 3 is 2.57 bits per heavy atom. The highest BCUT2D eigenvalue weighted by atomic mass is 16.2. The van der Waals surface area contributed by atoms with E-state index in [1.165, 1.54) is 0 Å². The van der Waals surface area contributed by atoms with E-state index in [9.17, 15) is 14.4 Å². The Bertz CT molecular complexity index is 706. The number of aryl methyl sites for hydroxylation is 1. The van der Waals surface area contributed by atoms with Gasteiger partial charge < -0.3 is 10.6 Å². The summed E-state index contributed by atoms with van der Waals surface area (Å²) < 4.78 is 0. The number of hydrogen-bond donors (Lipinski definition) is 3. The van der Waals surface area contributed by atoms with Gasteiger partial charge in [0, 0.05) is 17.5 Å². The summed E-state index contributed by atoms with van der Waals surface area (Å²) in [4.78, 5) is 35.5. The highest BCUT2D eigenvalue weighted by Gasteiger charge is 2.47. The standard InChI is InChI=1S/C17H21N3O3/c1-16(2,3)13(21)18-12-5-4-11-9-17(7-6-10(11)8-12)14(22)19-15(23)20-17/h4-5,8H,6-7,9H2,1-3H3,(H,18,21)(H2,19,20,22,23). The molecular weight excluding hydrogens is 294 g/mol. The molecule has 6 nitrogen and oxygen atoms in total. The Balaban J connectivity index is 1.80. The third-order valence-corrected chi connectivity index (χ3v) is 4.47. The molecule has 3 N–H and O–H groups in total. The Morgan fingerprint density at radius 2 is 1.96 bits per heavy atom. The Kier molecular flexibility index (Phi) is 3.43. The number of imide groups is 1. The van der Waals surface area contributed by atoms with E-state index in [1.54, 1.807) is 0 Å². The molecule has 0 bridgehead atoms. The maximum absolute atomic E-state index is 12.1. The first-order valence-corrected chi connectivity index (χ1v) is 7.76. The number of rotatable bonds is 1. The Labute approximate surface area is 135 Å². The van der Waals surface area contributed by atoms with Gasteiger partial charge in [-0.3, -0.25) is 14.9 Å². The van der Waals surface area contributed by atoms with Crippen LogP contribution in [0.25, 0.3) is 0 Å². The van der Waals surface area contributed by atoms with E-state index >= 15 is 0 Å². The quantitative estimate of drug-likeness (QED) is 0.690. The van der Waals surface area contributed by atoms with Crippen LogP contribution in [0, 0.1) is 5.41 Å². The van der Waals surface area contributed by atoms with Gasteiger partial charge in [-0.2, -0.15) is 0 Å². The van der Waals surface area contributed by atoms with Gasteiger partial charge in [0.2, 0.25) is 5.91 Å². The first-order chi connectivity index (χ1) is 10.7. The summed E-state index contributed by atoms with van der Waals surface area (Å²) in [5, 5.41) is 7.99. The summed E-state index contributed by atoms with van der Waals surface area (Å²) in [7, 11) is 0. The molecule has 6 heteroatoms. The Morgan fingerprint density at radius 1 is 1.22 bits per heavy atom. The molecule has 1 fully saturated rings. The summed E-state index contributed by atoms with van der Waals surface area (Å²) in [5.41, 5.74) is 1.63. The van der Waals surface area contributed by atoms with E-state index in [1.807, 2.05) is 39.0 Å². The number of fused-ring (bicyclic) bond motifs is 1. The molecule has 0 saturated carbocycles. The maximum Gasteiger partial charge on any atom is 0.322 e. The molecule has 1 unspecified atom stereocenters. The molecule has 1 aromatic rings. The van der Waals surface area contributed by atoms with Crippen LogP contribution in [0.1, 0.15) is 38.3 Å². The SMILES string of the molecule is CC(C)(C)C(=O)Nc1ccc2c(c1)CCC1(C2)NC(=O)NC1=O. The van der Waals surface area contributed by atoms with Gasteiger partial charge in [0.25, 0.3) is 5.91 Å². The monoisotopic (exact) mass is 315 g/mol. The average Bonchev–Trinajstić information content (AvgIpc) is 2.72. The average molecular weight is 315 g/mol. The molecule has 1 heterocycles. The van der Waals surface area contributed by atoms with Crippen LogP contribution in [0.2, 0.25) is 0 Å². The molecule has 1 atom stereocenters. The molecule has 1 saturated heterocycles. The van der Waals surface area contributed by atoms with Crippen molar-refractivity contribution in [3.05, 3.63) is 29.3 Å². The highest BCUT2D eigenvalue weighted by molar-refractivity contribution is 6.07. The van der Waals surface area contributed by atoms with E-state index in [0.29, 0.717) is 19.3 Å². The lowest BCUT2D eigenvalue weighted by Gasteiger charge is -2.32. The van der Waals surface area contributed by atoms with Crippen molar-refractivity contribution in [1.82, 2.24) is 10.6 Å². The maximum atomic E-state index is 12.1. The molecular formula is C17H21N3O3. The number of hydrogen-bond acceptors (Lipinski definition) is 3. The normalized spacial score (nSPS) is 23.3. The number of amides is 4. The van der Waals surface area contributed by atoms with E-state index in [2.05, 4.69) is 16.0 Å². The number of carbonyl (C=O) groups excluding carboxylic acids is 3. The smallest absolute Gasteiger partial charge is 0.322 e. The molecule has 0 aromatic heterocycles. The first-order valence-electron chi connectivity index (χ1n) is 7.76. The fourth-order valence-electron chi connectivity index (χ4n) is 3.02. The van der Waals surface area contributed by atoms with Crippen molar-refractivity contribution in [3.63, 3.8) is 0 Å². The minimum absolute atomic E-state index is 0.0350. The summed E-state index contributed by atoms with van der Waals surface area (Å²) >= 11 is 0. The van der Waals surface area contributed by atoms with Gasteiger partial charge in [0.15, 0.2) is 0 Å². The van der Waals surface area contributed by atoms with Crippen molar-refractivity contribution < 1.29 is 14.4 Å². The lowest BCUT2D eigenvalue weighted by atomic mass is 9.78. The van der Waals surface area contributed by atoms with Crippen molar-refractivity contribution >= 4 is 23.5 Å². The van der Waals surface area contributed by atoms with Crippen molar-refractivity contribution in [2.45, 2.75) is 45.6 Å². The van der Waals surface area contributed by atoms with Gasteiger partial charge >= 0.3 is 6.03 Å². The molecule has 23 heavy (non-hydrogen) atoms. The topological polar surface area (TPSA) is 87.3 Å². The van der Waals surface area contributed by atoms with Crippen LogP contribution in [-0.2, 0) is 22.4 Å². The van der Waals surface area contributed by atoms with Gasteiger partial charge in [0.05, 0.1) is 0 Å². The minimum atomic E-state index is -0.819. The summed E-state index contributed by atoms with van der Waals surface area (Å²) in [6.45, 7) is 5.60. The fourth-order valence-corrected chi connectivity index (χ4v) is 3.02. The van der Waals surface area contributed by atoms with E-state index in [4.69, 9.17) is 0 Å². The molecule has 0 radical (unpaired) electrons. The molecule has 2 aliphatic rings. The van der Waals surface area contributed by atoms with E-state index in [0.717, 1.165) is 16.8 Å². The zero-order valence-corrected chi connectivity index (χ0v) is 13.6. The molecule has 1 spiro atoms. The zero-order valence-electron chi connectivity index (χ0n) is 13.6. The van der Waals surface area contributed by atoms with Crippen LogP contribution in [0.3, 0.4) is 0 Å². The van der Waals surface area contributed by atoms with Crippen molar-refractivity contribution in [2.75, 3.05) is 5.32 Å². The number of nitrogens with one attached hydrogen (secondary N) is 3. The first kappa shape index (κ1) is 15.5.